The Morgan fingerprint density at radius 2 is 1.86 bits per heavy atom. The molecule has 10 nitrogen and oxygen atoms in total. The number of anilines is 1. The fourth-order valence-corrected chi connectivity index (χ4v) is 5.36. The van der Waals surface area contributed by atoms with Gasteiger partial charge in [-0.15, -0.1) is 0 Å². The van der Waals surface area contributed by atoms with E-state index >= 15 is 0 Å². The smallest absolute Gasteiger partial charge is 0.243 e. The third-order valence-corrected chi connectivity index (χ3v) is 7.67. The molecule has 4 rings (SSSR count). The van der Waals surface area contributed by atoms with Gasteiger partial charge in [0.15, 0.2) is 0 Å². The van der Waals surface area contributed by atoms with Gasteiger partial charge in [-0.05, 0) is 56.2 Å². The molecule has 1 amide bonds. The van der Waals surface area contributed by atoms with Gasteiger partial charge in [0, 0.05) is 30.8 Å². The molecular formula is C24H29N5O5S. The SMILES string of the molecule is CCOc1ccc(S(=O)(=O)N2CCC(C(=O)Nc3cccc(OCCn4cncn4)c3)CC2)cc1. The predicted molar refractivity (Wildman–Crippen MR) is 130 cm³/mol. The largest absolute Gasteiger partial charge is 0.494 e. The summed E-state index contributed by atoms with van der Waals surface area (Å²) in [5.74, 6) is 0.882. The molecule has 0 bridgehead atoms. The summed E-state index contributed by atoms with van der Waals surface area (Å²) in [4.78, 5) is 16.9. The number of aromatic nitrogens is 3. The molecule has 0 saturated carbocycles. The lowest BCUT2D eigenvalue weighted by Gasteiger charge is -2.30. The molecular weight excluding hydrogens is 470 g/mol. The first-order chi connectivity index (χ1) is 17.0. The van der Waals surface area contributed by atoms with Crippen molar-refractivity contribution in [3.8, 4) is 11.5 Å². The van der Waals surface area contributed by atoms with Crippen molar-refractivity contribution in [1.29, 1.82) is 0 Å². The van der Waals surface area contributed by atoms with Crippen molar-refractivity contribution >= 4 is 21.6 Å². The normalized spacial score (nSPS) is 15.0. The highest BCUT2D eigenvalue weighted by Gasteiger charge is 2.32. The van der Waals surface area contributed by atoms with Crippen molar-refractivity contribution in [2.75, 3.05) is 31.6 Å². The van der Waals surface area contributed by atoms with Crippen LogP contribution in [0.25, 0.3) is 0 Å². The van der Waals surface area contributed by atoms with Crippen molar-refractivity contribution in [2.45, 2.75) is 31.2 Å². The number of sulfonamides is 1. The monoisotopic (exact) mass is 499 g/mol. The van der Waals surface area contributed by atoms with Crippen molar-refractivity contribution in [1.82, 2.24) is 19.1 Å². The lowest BCUT2D eigenvalue weighted by atomic mass is 9.97. The summed E-state index contributed by atoms with van der Waals surface area (Å²) >= 11 is 0. The van der Waals surface area contributed by atoms with E-state index in [2.05, 4.69) is 15.4 Å². The minimum Gasteiger partial charge on any atom is -0.494 e. The number of carbonyl (C=O) groups is 1. The zero-order valence-electron chi connectivity index (χ0n) is 19.5. The minimum atomic E-state index is -3.61. The van der Waals surface area contributed by atoms with E-state index in [0.717, 1.165) is 0 Å². The standard InChI is InChI=1S/C24H29N5O5S/c1-2-33-21-6-8-23(9-7-21)35(31,32)29-12-10-19(11-13-29)24(30)27-20-4-3-5-22(16-20)34-15-14-28-18-25-17-26-28/h3-9,16-19H,2,10-15H2,1H3,(H,27,30). The molecule has 3 aromatic rings. The van der Waals surface area contributed by atoms with Crippen LogP contribution in [0.2, 0.25) is 0 Å². The highest BCUT2D eigenvalue weighted by atomic mass is 32.2. The molecule has 0 radical (unpaired) electrons. The molecule has 0 spiro atoms. The third kappa shape index (κ3) is 6.37. The molecule has 1 saturated heterocycles. The predicted octanol–water partition coefficient (Wildman–Crippen LogP) is 2.80. The van der Waals surface area contributed by atoms with Crippen LogP contribution < -0.4 is 14.8 Å². The van der Waals surface area contributed by atoms with Gasteiger partial charge >= 0.3 is 0 Å². The molecule has 186 valence electrons. The molecule has 0 aliphatic carbocycles. The van der Waals surface area contributed by atoms with Crippen LogP contribution >= 0.6 is 0 Å². The molecule has 35 heavy (non-hydrogen) atoms. The van der Waals surface area contributed by atoms with E-state index in [1.807, 2.05) is 19.1 Å². The van der Waals surface area contributed by atoms with Crippen molar-refractivity contribution < 1.29 is 22.7 Å². The van der Waals surface area contributed by atoms with Crippen molar-refractivity contribution in [3.05, 3.63) is 61.2 Å². The van der Waals surface area contributed by atoms with E-state index < -0.39 is 10.0 Å². The number of ether oxygens (including phenoxy) is 2. The second-order valence-corrected chi connectivity index (χ2v) is 10.0. The van der Waals surface area contributed by atoms with Crippen LogP contribution in [-0.2, 0) is 21.4 Å². The Hall–Kier alpha value is -3.44. The number of hydrogen-bond donors (Lipinski definition) is 1. The van der Waals surface area contributed by atoms with E-state index in [4.69, 9.17) is 9.47 Å². The molecule has 0 atom stereocenters. The van der Waals surface area contributed by atoms with Crippen LogP contribution in [0.5, 0.6) is 11.5 Å². The fraction of sp³-hybridized carbons (Fsp3) is 0.375. The Morgan fingerprint density at radius 1 is 1.09 bits per heavy atom. The van der Waals surface area contributed by atoms with Crippen LogP contribution in [0.1, 0.15) is 19.8 Å². The van der Waals surface area contributed by atoms with Gasteiger partial charge < -0.3 is 14.8 Å². The Kier molecular flexibility index (Phi) is 7.98. The van der Waals surface area contributed by atoms with Crippen LogP contribution in [0.3, 0.4) is 0 Å². The zero-order valence-corrected chi connectivity index (χ0v) is 20.4. The number of nitrogens with one attached hydrogen (secondary N) is 1. The molecule has 1 aromatic heterocycles. The molecule has 1 fully saturated rings. The summed E-state index contributed by atoms with van der Waals surface area (Å²) in [6.07, 6.45) is 4.00. The molecule has 0 unspecified atom stereocenters. The maximum absolute atomic E-state index is 13.0. The Bertz CT molecular complexity index is 1210. The number of piperidine rings is 1. The summed E-state index contributed by atoms with van der Waals surface area (Å²) in [5, 5.41) is 6.96. The molecule has 1 aliphatic heterocycles. The molecule has 11 heteroatoms. The molecule has 1 N–H and O–H groups in total. The second-order valence-electron chi connectivity index (χ2n) is 8.11. The summed E-state index contributed by atoms with van der Waals surface area (Å²) in [6.45, 7) is 3.95. The topological polar surface area (TPSA) is 116 Å². The van der Waals surface area contributed by atoms with Gasteiger partial charge in [0.2, 0.25) is 15.9 Å². The molecule has 2 aromatic carbocycles. The average molecular weight is 500 g/mol. The average Bonchev–Trinajstić information content (AvgIpc) is 3.38. The van der Waals surface area contributed by atoms with Gasteiger partial charge in [-0.1, -0.05) is 6.07 Å². The number of rotatable bonds is 10. The number of amides is 1. The van der Waals surface area contributed by atoms with Gasteiger partial charge in [0.25, 0.3) is 0 Å². The number of benzene rings is 2. The lowest BCUT2D eigenvalue weighted by Crippen LogP contribution is -2.41. The lowest BCUT2D eigenvalue weighted by molar-refractivity contribution is -0.120. The van der Waals surface area contributed by atoms with Gasteiger partial charge in [-0.3, -0.25) is 4.79 Å². The maximum Gasteiger partial charge on any atom is 0.243 e. The van der Waals surface area contributed by atoms with E-state index in [1.165, 1.54) is 10.6 Å². The molecule has 1 aliphatic rings. The van der Waals surface area contributed by atoms with Crippen LogP contribution in [0, 0.1) is 5.92 Å². The Morgan fingerprint density at radius 3 is 2.54 bits per heavy atom. The highest BCUT2D eigenvalue weighted by molar-refractivity contribution is 7.89. The van der Waals surface area contributed by atoms with Gasteiger partial charge in [0.1, 0.15) is 30.8 Å². The second kappa shape index (κ2) is 11.3. The first kappa shape index (κ1) is 24.7. The summed E-state index contributed by atoms with van der Waals surface area (Å²) in [6, 6.07) is 13.6. The summed E-state index contributed by atoms with van der Waals surface area (Å²) in [5.41, 5.74) is 0.637. The summed E-state index contributed by atoms with van der Waals surface area (Å²) in [7, 11) is -3.61. The molecule has 2 heterocycles. The Balaban J connectivity index is 1.28. The van der Waals surface area contributed by atoms with Crippen LogP contribution in [-0.4, -0.2) is 59.7 Å². The van der Waals surface area contributed by atoms with Crippen LogP contribution in [0.4, 0.5) is 5.69 Å². The van der Waals surface area contributed by atoms with Crippen molar-refractivity contribution in [3.63, 3.8) is 0 Å². The van der Waals surface area contributed by atoms with E-state index in [-0.39, 0.29) is 16.7 Å². The van der Waals surface area contributed by atoms with Gasteiger partial charge in [0.05, 0.1) is 18.0 Å². The minimum absolute atomic E-state index is 0.122. The van der Waals surface area contributed by atoms with E-state index in [1.54, 1.807) is 47.4 Å². The summed E-state index contributed by atoms with van der Waals surface area (Å²) < 4.78 is 40.2. The van der Waals surface area contributed by atoms with Gasteiger partial charge in [-0.25, -0.2) is 18.1 Å². The van der Waals surface area contributed by atoms with E-state index in [9.17, 15) is 13.2 Å². The highest BCUT2D eigenvalue weighted by Crippen LogP contribution is 2.26. The first-order valence-electron chi connectivity index (χ1n) is 11.5. The first-order valence-corrected chi connectivity index (χ1v) is 13.0. The number of hydrogen-bond acceptors (Lipinski definition) is 7. The zero-order chi connectivity index (χ0) is 24.7. The van der Waals surface area contributed by atoms with E-state index in [0.29, 0.717) is 62.9 Å². The van der Waals surface area contributed by atoms with Crippen LogP contribution in [0.15, 0.2) is 66.1 Å². The van der Waals surface area contributed by atoms with Gasteiger partial charge in [-0.2, -0.15) is 9.40 Å². The fourth-order valence-electron chi connectivity index (χ4n) is 3.90. The number of nitrogens with zero attached hydrogens (tertiary/aromatic N) is 4. The number of carbonyl (C=O) groups excluding carboxylic acids is 1. The van der Waals surface area contributed by atoms with Crippen molar-refractivity contribution in [2.24, 2.45) is 5.92 Å². The third-order valence-electron chi connectivity index (χ3n) is 5.75. The Labute approximate surface area is 204 Å². The maximum atomic E-state index is 13.0. The quantitative estimate of drug-likeness (QED) is 0.456.